The highest BCUT2D eigenvalue weighted by atomic mass is 35.5. The molecule has 166 valence electrons. The summed E-state index contributed by atoms with van der Waals surface area (Å²) in [5, 5.41) is 3.37. The molecular formula is C27H23ClN2O3. The molecule has 0 bridgehead atoms. The monoisotopic (exact) mass is 458 g/mol. The quantitative estimate of drug-likeness (QED) is 0.449. The number of carbonyl (C=O) groups excluding carboxylic acids is 2. The van der Waals surface area contributed by atoms with Crippen LogP contribution in [0.5, 0.6) is 5.75 Å². The van der Waals surface area contributed by atoms with E-state index in [9.17, 15) is 9.59 Å². The SMILES string of the molecule is CCOc1ccc(/C=C2\C=C(c3ccc(Cl)cc3)N(c3ccc(NC(C)=O)cc3)C2=O)cc1. The molecule has 0 fully saturated rings. The molecule has 1 heterocycles. The number of nitrogens with one attached hydrogen (secondary N) is 1. The van der Waals surface area contributed by atoms with Crippen LogP contribution in [0, 0.1) is 0 Å². The second-order valence-electron chi connectivity index (χ2n) is 7.51. The number of hydrogen-bond acceptors (Lipinski definition) is 3. The van der Waals surface area contributed by atoms with E-state index >= 15 is 0 Å². The molecule has 33 heavy (non-hydrogen) atoms. The summed E-state index contributed by atoms with van der Waals surface area (Å²) >= 11 is 6.07. The van der Waals surface area contributed by atoms with E-state index < -0.39 is 0 Å². The van der Waals surface area contributed by atoms with Crippen LogP contribution in [0.2, 0.25) is 5.02 Å². The topological polar surface area (TPSA) is 58.6 Å². The highest BCUT2D eigenvalue weighted by molar-refractivity contribution is 6.30. The number of rotatable bonds is 6. The Balaban J connectivity index is 1.72. The van der Waals surface area contributed by atoms with Crippen molar-refractivity contribution in [3.63, 3.8) is 0 Å². The van der Waals surface area contributed by atoms with Gasteiger partial charge in [0.2, 0.25) is 5.91 Å². The molecule has 0 aliphatic carbocycles. The van der Waals surface area contributed by atoms with Crippen LogP contribution in [0.15, 0.2) is 84.4 Å². The minimum Gasteiger partial charge on any atom is -0.494 e. The van der Waals surface area contributed by atoms with E-state index in [0.29, 0.717) is 28.6 Å². The summed E-state index contributed by atoms with van der Waals surface area (Å²) in [6, 6.07) is 22.2. The van der Waals surface area contributed by atoms with Gasteiger partial charge in [-0.3, -0.25) is 14.5 Å². The van der Waals surface area contributed by atoms with E-state index in [1.165, 1.54) is 6.92 Å². The van der Waals surface area contributed by atoms with Crippen LogP contribution in [-0.4, -0.2) is 18.4 Å². The molecule has 1 N–H and O–H groups in total. The molecule has 3 aromatic rings. The molecular weight excluding hydrogens is 436 g/mol. The first-order chi connectivity index (χ1) is 15.9. The average molecular weight is 459 g/mol. The van der Waals surface area contributed by atoms with Gasteiger partial charge in [0.15, 0.2) is 0 Å². The van der Waals surface area contributed by atoms with Crippen molar-refractivity contribution in [3.8, 4) is 5.75 Å². The van der Waals surface area contributed by atoms with Gasteiger partial charge < -0.3 is 10.1 Å². The van der Waals surface area contributed by atoms with E-state index in [2.05, 4.69) is 5.32 Å². The number of halogens is 1. The van der Waals surface area contributed by atoms with Gasteiger partial charge in [-0.1, -0.05) is 35.9 Å². The molecule has 0 saturated heterocycles. The molecule has 1 aliphatic heterocycles. The lowest BCUT2D eigenvalue weighted by molar-refractivity contribution is -0.114. The van der Waals surface area contributed by atoms with Crippen molar-refractivity contribution in [2.24, 2.45) is 0 Å². The number of anilines is 2. The highest BCUT2D eigenvalue weighted by Crippen LogP contribution is 2.36. The molecule has 0 radical (unpaired) electrons. The van der Waals surface area contributed by atoms with Gasteiger partial charge in [0.25, 0.3) is 5.91 Å². The maximum atomic E-state index is 13.5. The molecule has 1 aliphatic rings. The number of nitrogens with zero attached hydrogens (tertiary/aromatic N) is 1. The van der Waals surface area contributed by atoms with E-state index in [4.69, 9.17) is 16.3 Å². The van der Waals surface area contributed by atoms with Gasteiger partial charge in [-0.05, 0) is 78.7 Å². The van der Waals surface area contributed by atoms with Gasteiger partial charge in [-0.15, -0.1) is 0 Å². The summed E-state index contributed by atoms with van der Waals surface area (Å²) in [4.78, 5) is 26.5. The van der Waals surface area contributed by atoms with Crippen LogP contribution in [-0.2, 0) is 9.59 Å². The fraction of sp³-hybridized carbons (Fsp3) is 0.111. The average Bonchev–Trinajstić information content (AvgIpc) is 3.12. The lowest BCUT2D eigenvalue weighted by Crippen LogP contribution is -2.25. The predicted molar refractivity (Wildman–Crippen MR) is 133 cm³/mol. The first kappa shape index (κ1) is 22.4. The molecule has 5 nitrogen and oxygen atoms in total. The largest absolute Gasteiger partial charge is 0.494 e. The highest BCUT2D eigenvalue weighted by Gasteiger charge is 2.30. The maximum Gasteiger partial charge on any atom is 0.262 e. The van der Waals surface area contributed by atoms with Crippen molar-refractivity contribution < 1.29 is 14.3 Å². The first-order valence-corrected chi connectivity index (χ1v) is 11.0. The number of hydrogen-bond donors (Lipinski definition) is 1. The van der Waals surface area contributed by atoms with Gasteiger partial charge in [0, 0.05) is 28.9 Å². The Hall–Kier alpha value is -3.83. The molecule has 0 unspecified atom stereocenters. The predicted octanol–water partition coefficient (Wildman–Crippen LogP) is 6.17. The minimum atomic E-state index is -0.151. The third-order valence-electron chi connectivity index (χ3n) is 5.08. The summed E-state index contributed by atoms with van der Waals surface area (Å²) in [6.45, 7) is 3.99. The van der Waals surface area contributed by atoms with Gasteiger partial charge >= 0.3 is 0 Å². The van der Waals surface area contributed by atoms with E-state index in [1.807, 2.05) is 67.6 Å². The van der Waals surface area contributed by atoms with Crippen molar-refractivity contribution in [1.82, 2.24) is 0 Å². The molecule has 0 aromatic heterocycles. The number of benzene rings is 3. The Morgan fingerprint density at radius 1 is 1.00 bits per heavy atom. The summed E-state index contributed by atoms with van der Waals surface area (Å²) < 4.78 is 5.50. The normalized spacial score (nSPS) is 14.4. The molecule has 2 amide bonds. The lowest BCUT2D eigenvalue weighted by Gasteiger charge is -2.21. The Morgan fingerprint density at radius 2 is 1.67 bits per heavy atom. The molecule has 0 saturated carbocycles. The van der Waals surface area contributed by atoms with Gasteiger partial charge in [0.05, 0.1) is 12.3 Å². The Bertz CT molecular complexity index is 1230. The van der Waals surface area contributed by atoms with Gasteiger partial charge in [-0.25, -0.2) is 0 Å². The standard InChI is InChI=1S/C27H23ClN2O3/c1-3-33-25-14-4-19(5-15-25)16-21-17-26(20-6-8-22(28)9-7-20)30(27(21)32)24-12-10-23(11-13-24)29-18(2)31/h4-17H,3H2,1-2H3,(H,29,31)/b21-16+. The third kappa shape index (κ3) is 5.16. The summed E-state index contributed by atoms with van der Waals surface area (Å²) in [5.41, 5.74) is 4.45. The molecule has 6 heteroatoms. The number of ether oxygens (including phenoxy) is 1. The zero-order valence-electron chi connectivity index (χ0n) is 18.3. The fourth-order valence-electron chi connectivity index (χ4n) is 3.61. The summed E-state index contributed by atoms with van der Waals surface area (Å²) in [7, 11) is 0. The van der Waals surface area contributed by atoms with Crippen molar-refractivity contribution in [2.45, 2.75) is 13.8 Å². The van der Waals surface area contributed by atoms with Crippen LogP contribution >= 0.6 is 11.6 Å². The zero-order chi connectivity index (χ0) is 23.4. The van der Waals surface area contributed by atoms with Crippen LogP contribution in [0.1, 0.15) is 25.0 Å². The third-order valence-corrected chi connectivity index (χ3v) is 5.33. The zero-order valence-corrected chi connectivity index (χ0v) is 19.1. The lowest BCUT2D eigenvalue weighted by atomic mass is 10.1. The summed E-state index contributed by atoms with van der Waals surface area (Å²) in [6.07, 6.45) is 3.74. The van der Waals surface area contributed by atoms with Crippen molar-refractivity contribution in [2.75, 3.05) is 16.8 Å². The maximum absolute atomic E-state index is 13.5. The van der Waals surface area contributed by atoms with E-state index in [1.54, 1.807) is 29.2 Å². The van der Waals surface area contributed by atoms with E-state index in [-0.39, 0.29) is 11.8 Å². The fourth-order valence-corrected chi connectivity index (χ4v) is 3.73. The smallest absolute Gasteiger partial charge is 0.262 e. The molecule has 4 rings (SSSR count). The molecule has 3 aromatic carbocycles. The Morgan fingerprint density at radius 3 is 2.27 bits per heavy atom. The van der Waals surface area contributed by atoms with Crippen molar-refractivity contribution in [1.29, 1.82) is 0 Å². The van der Waals surface area contributed by atoms with Gasteiger partial charge in [-0.2, -0.15) is 0 Å². The first-order valence-electron chi connectivity index (χ1n) is 10.6. The number of amides is 2. The second-order valence-corrected chi connectivity index (χ2v) is 7.94. The van der Waals surface area contributed by atoms with Crippen LogP contribution in [0.25, 0.3) is 11.8 Å². The van der Waals surface area contributed by atoms with Crippen LogP contribution < -0.4 is 15.0 Å². The van der Waals surface area contributed by atoms with Gasteiger partial charge in [0.1, 0.15) is 5.75 Å². The van der Waals surface area contributed by atoms with Crippen LogP contribution in [0.3, 0.4) is 0 Å². The summed E-state index contributed by atoms with van der Waals surface area (Å²) in [5.74, 6) is 0.499. The van der Waals surface area contributed by atoms with Crippen molar-refractivity contribution >= 4 is 46.6 Å². The Kier molecular flexibility index (Phi) is 6.61. The minimum absolute atomic E-state index is 0.138. The Labute approximate surface area is 197 Å². The van der Waals surface area contributed by atoms with Crippen LogP contribution in [0.4, 0.5) is 11.4 Å². The number of carbonyl (C=O) groups is 2. The molecule has 0 atom stereocenters. The van der Waals surface area contributed by atoms with E-state index in [0.717, 1.165) is 22.6 Å². The second kappa shape index (κ2) is 9.76. The molecule has 0 spiro atoms. The van der Waals surface area contributed by atoms with Crippen molar-refractivity contribution in [3.05, 3.63) is 101 Å².